The lowest BCUT2D eigenvalue weighted by Gasteiger charge is -2.26. The van der Waals surface area contributed by atoms with Gasteiger partial charge in [-0.05, 0) is 31.2 Å². The average Bonchev–Trinajstić information content (AvgIpc) is 2.70. The standard InChI is InChI=1S/C10H13N5S/c1(7-3-11-4-7)2-16-10-8-9(13-5-12-8)14-6-15-10/h5-7,11H,1-4H2,(H,12,13,14,15). The van der Waals surface area contributed by atoms with Crippen molar-refractivity contribution in [1.29, 1.82) is 0 Å². The number of imidazole rings is 1. The highest BCUT2D eigenvalue weighted by Crippen LogP contribution is 2.24. The summed E-state index contributed by atoms with van der Waals surface area (Å²) in [5.41, 5.74) is 1.71. The smallest absolute Gasteiger partial charge is 0.181 e. The molecule has 0 saturated carbocycles. The van der Waals surface area contributed by atoms with Crippen LogP contribution in [-0.4, -0.2) is 38.8 Å². The van der Waals surface area contributed by atoms with Crippen LogP contribution in [0.2, 0.25) is 0 Å². The second-order valence-corrected chi connectivity index (χ2v) is 5.02. The highest BCUT2D eigenvalue weighted by molar-refractivity contribution is 7.99. The Morgan fingerprint density at radius 3 is 3.06 bits per heavy atom. The molecule has 3 heterocycles. The van der Waals surface area contributed by atoms with E-state index in [2.05, 4.69) is 25.3 Å². The molecule has 5 nitrogen and oxygen atoms in total. The molecule has 0 aliphatic carbocycles. The molecule has 16 heavy (non-hydrogen) atoms. The normalized spacial score (nSPS) is 16.5. The Labute approximate surface area is 97.5 Å². The van der Waals surface area contributed by atoms with Crippen molar-refractivity contribution in [2.45, 2.75) is 11.4 Å². The average molecular weight is 235 g/mol. The second-order valence-electron chi connectivity index (χ2n) is 3.94. The van der Waals surface area contributed by atoms with Crippen molar-refractivity contribution in [2.75, 3.05) is 18.8 Å². The quantitative estimate of drug-likeness (QED) is 0.612. The fourth-order valence-corrected chi connectivity index (χ4v) is 2.79. The Bertz CT molecular complexity index is 479. The van der Waals surface area contributed by atoms with E-state index in [4.69, 9.17) is 0 Å². The largest absolute Gasteiger partial charge is 0.341 e. The van der Waals surface area contributed by atoms with Gasteiger partial charge in [0.05, 0.1) is 6.33 Å². The van der Waals surface area contributed by atoms with Crippen LogP contribution in [0.5, 0.6) is 0 Å². The first-order valence-corrected chi connectivity index (χ1v) is 6.39. The molecule has 0 unspecified atom stereocenters. The number of hydrogen-bond donors (Lipinski definition) is 2. The van der Waals surface area contributed by atoms with Crippen LogP contribution >= 0.6 is 11.8 Å². The van der Waals surface area contributed by atoms with E-state index in [1.165, 1.54) is 19.5 Å². The molecule has 1 aliphatic rings. The van der Waals surface area contributed by atoms with Gasteiger partial charge in [0.25, 0.3) is 0 Å². The maximum Gasteiger partial charge on any atom is 0.181 e. The second kappa shape index (κ2) is 4.39. The van der Waals surface area contributed by atoms with Gasteiger partial charge < -0.3 is 10.3 Å². The van der Waals surface area contributed by atoms with Gasteiger partial charge in [-0.1, -0.05) is 0 Å². The minimum atomic E-state index is 0.753. The molecule has 0 atom stereocenters. The lowest BCUT2D eigenvalue weighted by atomic mass is 10.0. The zero-order valence-corrected chi connectivity index (χ0v) is 9.63. The maximum atomic E-state index is 4.28. The first kappa shape index (κ1) is 10.0. The van der Waals surface area contributed by atoms with Gasteiger partial charge in [0.15, 0.2) is 5.65 Å². The predicted octanol–water partition coefficient (Wildman–Crippen LogP) is 1.05. The number of nitrogens with zero attached hydrogens (tertiary/aromatic N) is 3. The molecule has 0 bridgehead atoms. The lowest BCUT2D eigenvalue weighted by Crippen LogP contribution is -2.42. The van der Waals surface area contributed by atoms with Crippen molar-refractivity contribution in [3.05, 3.63) is 12.7 Å². The molecule has 0 amide bonds. The summed E-state index contributed by atoms with van der Waals surface area (Å²) in [5.74, 6) is 1.96. The molecule has 0 spiro atoms. The van der Waals surface area contributed by atoms with Crippen LogP contribution in [0.25, 0.3) is 11.2 Å². The van der Waals surface area contributed by atoms with Gasteiger partial charge in [0, 0.05) is 0 Å². The van der Waals surface area contributed by atoms with Crippen LogP contribution in [0.15, 0.2) is 17.7 Å². The van der Waals surface area contributed by atoms with E-state index in [1.807, 2.05) is 0 Å². The zero-order valence-electron chi connectivity index (χ0n) is 8.81. The Morgan fingerprint density at radius 2 is 2.25 bits per heavy atom. The number of hydrogen-bond acceptors (Lipinski definition) is 5. The molecule has 84 valence electrons. The van der Waals surface area contributed by atoms with E-state index in [0.717, 1.165) is 27.9 Å². The fourth-order valence-electron chi connectivity index (χ4n) is 1.73. The third kappa shape index (κ3) is 1.90. The van der Waals surface area contributed by atoms with Gasteiger partial charge in [0.2, 0.25) is 0 Å². The Balaban J connectivity index is 1.66. The Morgan fingerprint density at radius 1 is 1.31 bits per heavy atom. The molecule has 2 aromatic rings. The van der Waals surface area contributed by atoms with E-state index >= 15 is 0 Å². The van der Waals surface area contributed by atoms with Crippen LogP contribution in [0.4, 0.5) is 0 Å². The van der Waals surface area contributed by atoms with Gasteiger partial charge >= 0.3 is 0 Å². The van der Waals surface area contributed by atoms with E-state index in [-0.39, 0.29) is 0 Å². The molecule has 1 aliphatic heterocycles. The van der Waals surface area contributed by atoms with Crippen LogP contribution in [0.1, 0.15) is 6.42 Å². The highest BCUT2D eigenvalue weighted by Gasteiger charge is 2.16. The number of nitrogens with one attached hydrogen (secondary N) is 2. The first-order valence-electron chi connectivity index (χ1n) is 5.41. The van der Waals surface area contributed by atoms with Crippen LogP contribution in [0.3, 0.4) is 0 Å². The zero-order chi connectivity index (χ0) is 10.8. The minimum absolute atomic E-state index is 0.753. The number of aromatic amines is 1. The summed E-state index contributed by atoms with van der Waals surface area (Å²) in [6.07, 6.45) is 4.49. The minimum Gasteiger partial charge on any atom is -0.341 e. The van der Waals surface area contributed by atoms with Gasteiger partial charge in [-0.25, -0.2) is 15.0 Å². The number of aromatic nitrogens is 4. The number of fused-ring (bicyclic) bond motifs is 1. The molecule has 0 aromatic carbocycles. The van der Waals surface area contributed by atoms with E-state index in [9.17, 15) is 0 Å². The van der Waals surface area contributed by atoms with Crippen LogP contribution in [-0.2, 0) is 0 Å². The molecule has 2 N–H and O–H groups in total. The molecular formula is C10H13N5S. The maximum absolute atomic E-state index is 4.28. The van der Waals surface area contributed by atoms with E-state index in [1.54, 1.807) is 24.4 Å². The molecule has 1 saturated heterocycles. The van der Waals surface area contributed by atoms with E-state index in [0.29, 0.717) is 0 Å². The van der Waals surface area contributed by atoms with Crippen molar-refractivity contribution in [3.63, 3.8) is 0 Å². The van der Waals surface area contributed by atoms with Crippen molar-refractivity contribution < 1.29 is 0 Å². The van der Waals surface area contributed by atoms with E-state index < -0.39 is 0 Å². The molecule has 3 rings (SSSR count). The summed E-state index contributed by atoms with van der Waals surface area (Å²) in [6.45, 7) is 2.34. The third-order valence-electron chi connectivity index (χ3n) is 2.82. The molecule has 6 heteroatoms. The predicted molar refractivity (Wildman–Crippen MR) is 63.4 cm³/mol. The SMILES string of the molecule is c1nc(SCCC2CNC2)c2[nH]cnc2n1. The summed E-state index contributed by atoms with van der Waals surface area (Å²) in [7, 11) is 0. The summed E-state index contributed by atoms with van der Waals surface area (Å²) >= 11 is 1.78. The Kier molecular flexibility index (Phi) is 2.75. The Hall–Kier alpha value is -1.14. The van der Waals surface area contributed by atoms with Crippen molar-refractivity contribution in [3.8, 4) is 0 Å². The number of H-pyrrole nitrogens is 1. The van der Waals surface area contributed by atoms with Crippen molar-refractivity contribution in [1.82, 2.24) is 25.3 Å². The highest BCUT2D eigenvalue weighted by atomic mass is 32.2. The summed E-state index contributed by atoms with van der Waals surface area (Å²) in [6, 6.07) is 0. The van der Waals surface area contributed by atoms with Crippen LogP contribution < -0.4 is 5.32 Å². The van der Waals surface area contributed by atoms with Crippen molar-refractivity contribution >= 4 is 22.9 Å². The van der Waals surface area contributed by atoms with Gasteiger partial charge in [-0.3, -0.25) is 0 Å². The molecule has 2 aromatic heterocycles. The molecule has 1 fully saturated rings. The monoisotopic (exact) mass is 235 g/mol. The summed E-state index contributed by atoms with van der Waals surface area (Å²) < 4.78 is 0. The number of rotatable bonds is 4. The van der Waals surface area contributed by atoms with Crippen molar-refractivity contribution in [2.24, 2.45) is 5.92 Å². The molecule has 0 radical (unpaired) electrons. The fraction of sp³-hybridized carbons (Fsp3) is 0.500. The van der Waals surface area contributed by atoms with Gasteiger partial charge in [-0.2, -0.15) is 0 Å². The number of thioether (sulfide) groups is 1. The lowest BCUT2D eigenvalue weighted by molar-refractivity contribution is 0.341. The van der Waals surface area contributed by atoms with Gasteiger partial charge in [0.1, 0.15) is 16.9 Å². The topological polar surface area (TPSA) is 66.5 Å². The summed E-state index contributed by atoms with van der Waals surface area (Å²) in [5, 5.41) is 4.29. The first-order chi connectivity index (χ1) is 7.93. The molecular weight excluding hydrogens is 222 g/mol. The van der Waals surface area contributed by atoms with Crippen LogP contribution in [0, 0.1) is 5.92 Å². The summed E-state index contributed by atoms with van der Waals surface area (Å²) in [4.78, 5) is 15.6. The van der Waals surface area contributed by atoms with Gasteiger partial charge in [-0.15, -0.1) is 11.8 Å². The third-order valence-corrected chi connectivity index (χ3v) is 3.84.